The Morgan fingerprint density at radius 2 is 1.85 bits per heavy atom. The molecule has 1 aromatic carbocycles. The van der Waals surface area contributed by atoms with E-state index in [1.165, 1.54) is 13.0 Å². The van der Waals surface area contributed by atoms with E-state index >= 15 is 0 Å². The van der Waals surface area contributed by atoms with Crippen molar-refractivity contribution in [1.82, 2.24) is 0 Å². The molecular formula is C21H32O5Si. The van der Waals surface area contributed by atoms with Crippen molar-refractivity contribution in [2.45, 2.75) is 59.4 Å². The molecule has 0 N–H and O–H groups in total. The molecule has 0 amide bonds. The number of allylic oxidation sites excluding steroid dienone is 1. The van der Waals surface area contributed by atoms with Crippen LogP contribution in [-0.4, -0.2) is 32.6 Å². The first-order chi connectivity index (χ1) is 12.6. The third-order valence-corrected chi connectivity index (χ3v) is 7.11. The first kappa shape index (κ1) is 23.1. The largest absolute Gasteiger partial charge is 0.463 e. The molecule has 1 rings (SSSR count). The van der Waals surface area contributed by atoms with Crippen LogP contribution in [0.25, 0.3) is 0 Å². The fraction of sp³-hybridized carbons (Fsp3) is 0.524. The molecule has 0 saturated carbocycles. The molecule has 150 valence electrons. The summed E-state index contributed by atoms with van der Waals surface area (Å²) in [7, 11) is -2.29. The van der Waals surface area contributed by atoms with E-state index in [1.54, 1.807) is 13.0 Å². The molecule has 2 atom stereocenters. The van der Waals surface area contributed by atoms with Gasteiger partial charge >= 0.3 is 11.9 Å². The lowest BCUT2D eigenvalue weighted by atomic mass is 9.96. The zero-order valence-electron chi connectivity index (χ0n) is 17.3. The summed E-state index contributed by atoms with van der Waals surface area (Å²) in [6.07, 6.45) is 4.58. The van der Waals surface area contributed by atoms with Gasteiger partial charge in [0.25, 0.3) is 0 Å². The molecule has 0 heterocycles. The molecule has 0 fully saturated rings. The standard InChI is InChI=1S/C21H32O5Si/c1-7-24-20(23)16-12-11-13-17(2)21(4,25-18(3)22)26-27(5,6)19-14-9-8-10-15-19/h8-10,12,14-17H,7,11,13H2,1-6H3/b16-12+. The van der Waals surface area contributed by atoms with E-state index in [1.807, 2.05) is 44.2 Å². The van der Waals surface area contributed by atoms with Crippen molar-refractivity contribution in [1.29, 1.82) is 0 Å². The number of hydrogen-bond acceptors (Lipinski definition) is 5. The monoisotopic (exact) mass is 392 g/mol. The van der Waals surface area contributed by atoms with Crippen LogP contribution in [0.5, 0.6) is 0 Å². The minimum Gasteiger partial charge on any atom is -0.463 e. The molecule has 0 aromatic heterocycles. The summed E-state index contributed by atoms with van der Waals surface area (Å²) in [6, 6.07) is 10.0. The van der Waals surface area contributed by atoms with Gasteiger partial charge in [0.05, 0.1) is 6.61 Å². The van der Waals surface area contributed by atoms with Gasteiger partial charge in [-0.05, 0) is 38.0 Å². The Hall–Kier alpha value is -1.92. The topological polar surface area (TPSA) is 61.8 Å². The van der Waals surface area contributed by atoms with Gasteiger partial charge in [0.15, 0.2) is 0 Å². The predicted octanol–water partition coefficient (Wildman–Crippen LogP) is 3.93. The quantitative estimate of drug-likeness (QED) is 0.261. The van der Waals surface area contributed by atoms with Crippen LogP contribution >= 0.6 is 0 Å². The van der Waals surface area contributed by atoms with Gasteiger partial charge in [-0.1, -0.05) is 43.3 Å². The SMILES string of the molecule is CCOC(=O)/C=C/CCC(C)C(C)(OC(C)=O)O[Si](C)(C)c1ccccc1. The molecule has 0 aliphatic carbocycles. The number of benzene rings is 1. The Kier molecular flexibility index (Phi) is 8.92. The Bertz CT molecular complexity index is 641. The number of ether oxygens (including phenoxy) is 2. The van der Waals surface area contributed by atoms with Crippen molar-refractivity contribution in [2.75, 3.05) is 6.61 Å². The number of rotatable bonds is 10. The highest BCUT2D eigenvalue weighted by Gasteiger charge is 2.42. The highest BCUT2D eigenvalue weighted by atomic mass is 28.4. The maximum absolute atomic E-state index is 11.7. The van der Waals surface area contributed by atoms with Crippen LogP contribution in [0.1, 0.15) is 40.5 Å². The number of esters is 2. The molecule has 2 unspecified atom stereocenters. The summed E-state index contributed by atoms with van der Waals surface area (Å²) in [4.78, 5) is 23.1. The lowest BCUT2D eigenvalue weighted by Crippen LogP contribution is -2.55. The van der Waals surface area contributed by atoms with Crippen LogP contribution < -0.4 is 5.19 Å². The van der Waals surface area contributed by atoms with Gasteiger partial charge in [0.2, 0.25) is 14.1 Å². The zero-order valence-corrected chi connectivity index (χ0v) is 18.3. The molecule has 0 saturated heterocycles. The summed E-state index contributed by atoms with van der Waals surface area (Å²) < 4.78 is 17.0. The lowest BCUT2D eigenvalue weighted by molar-refractivity contribution is -0.209. The Morgan fingerprint density at radius 1 is 1.22 bits per heavy atom. The van der Waals surface area contributed by atoms with Crippen molar-refractivity contribution in [3.05, 3.63) is 42.5 Å². The number of carbonyl (C=O) groups excluding carboxylic acids is 2. The van der Waals surface area contributed by atoms with Crippen molar-refractivity contribution in [3.8, 4) is 0 Å². The van der Waals surface area contributed by atoms with Crippen LogP contribution in [0.3, 0.4) is 0 Å². The highest BCUT2D eigenvalue weighted by Crippen LogP contribution is 2.31. The first-order valence-electron chi connectivity index (χ1n) is 9.39. The Balaban J connectivity index is 2.85. The molecule has 0 radical (unpaired) electrons. The second kappa shape index (κ2) is 10.4. The van der Waals surface area contributed by atoms with E-state index in [2.05, 4.69) is 13.1 Å². The van der Waals surface area contributed by atoms with Crippen LogP contribution in [0.4, 0.5) is 0 Å². The maximum atomic E-state index is 11.7. The Morgan fingerprint density at radius 3 is 2.41 bits per heavy atom. The molecule has 27 heavy (non-hydrogen) atoms. The first-order valence-corrected chi connectivity index (χ1v) is 12.3. The van der Waals surface area contributed by atoms with E-state index in [-0.39, 0.29) is 17.9 Å². The normalized spacial score (nSPS) is 15.2. The van der Waals surface area contributed by atoms with Crippen molar-refractivity contribution >= 4 is 25.4 Å². The van der Waals surface area contributed by atoms with E-state index < -0.39 is 14.1 Å². The van der Waals surface area contributed by atoms with Gasteiger partial charge in [0, 0.05) is 25.8 Å². The highest BCUT2D eigenvalue weighted by molar-refractivity contribution is 6.84. The summed E-state index contributed by atoms with van der Waals surface area (Å²) in [6.45, 7) is 11.5. The van der Waals surface area contributed by atoms with Gasteiger partial charge < -0.3 is 13.9 Å². The number of carbonyl (C=O) groups is 2. The van der Waals surface area contributed by atoms with Crippen molar-refractivity contribution in [2.24, 2.45) is 5.92 Å². The summed E-state index contributed by atoms with van der Waals surface area (Å²) in [5.41, 5.74) is 0. The summed E-state index contributed by atoms with van der Waals surface area (Å²) in [5.74, 6) is -1.80. The molecule has 0 aliphatic heterocycles. The third-order valence-electron chi connectivity index (χ3n) is 4.48. The van der Waals surface area contributed by atoms with Gasteiger partial charge in [-0.15, -0.1) is 0 Å². The second-order valence-electron chi connectivity index (χ2n) is 7.22. The van der Waals surface area contributed by atoms with Gasteiger partial charge in [-0.25, -0.2) is 4.79 Å². The van der Waals surface area contributed by atoms with E-state index in [0.29, 0.717) is 19.4 Å². The minimum atomic E-state index is -2.29. The maximum Gasteiger partial charge on any atom is 0.330 e. The van der Waals surface area contributed by atoms with Crippen LogP contribution in [-0.2, 0) is 23.5 Å². The molecule has 5 nitrogen and oxygen atoms in total. The van der Waals surface area contributed by atoms with Crippen LogP contribution in [0, 0.1) is 5.92 Å². The zero-order chi connectivity index (χ0) is 20.5. The van der Waals surface area contributed by atoms with Crippen LogP contribution in [0.2, 0.25) is 13.1 Å². The molecular weight excluding hydrogens is 360 g/mol. The molecule has 1 aromatic rings. The summed E-state index contributed by atoms with van der Waals surface area (Å²) in [5, 5.41) is 1.14. The van der Waals surface area contributed by atoms with Gasteiger partial charge in [-0.2, -0.15) is 0 Å². The fourth-order valence-corrected chi connectivity index (χ4v) is 5.26. The van der Waals surface area contributed by atoms with Gasteiger partial charge in [-0.3, -0.25) is 4.79 Å². The molecule has 6 heteroatoms. The average Bonchev–Trinajstić information content (AvgIpc) is 2.58. The Labute approximate surface area is 163 Å². The van der Waals surface area contributed by atoms with E-state index in [0.717, 1.165) is 5.19 Å². The molecule has 0 spiro atoms. The smallest absolute Gasteiger partial charge is 0.330 e. The fourth-order valence-electron chi connectivity index (χ4n) is 2.89. The summed E-state index contributed by atoms with van der Waals surface area (Å²) >= 11 is 0. The molecule has 0 bridgehead atoms. The number of hydrogen-bond donors (Lipinski definition) is 0. The average molecular weight is 393 g/mol. The molecule has 0 aliphatic rings. The van der Waals surface area contributed by atoms with Crippen LogP contribution in [0.15, 0.2) is 42.5 Å². The van der Waals surface area contributed by atoms with Gasteiger partial charge in [0.1, 0.15) is 0 Å². The second-order valence-corrected chi connectivity index (χ2v) is 11.0. The van der Waals surface area contributed by atoms with E-state index in [9.17, 15) is 9.59 Å². The minimum absolute atomic E-state index is 0.0521. The van der Waals surface area contributed by atoms with Crippen molar-refractivity contribution in [3.63, 3.8) is 0 Å². The van der Waals surface area contributed by atoms with Crippen molar-refractivity contribution < 1.29 is 23.5 Å². The lowest BCUT2D eigenvalue weighted by Gasteiger charge is -2.41. The third kappa shape index (κ3) is 7.68. The van der Waals surface area contributed by atoms with E-state index in [4.69, 9.17) is 13.9 Å². The predicted molar refractivity (Wildman–Crippen MR) is 109 cm³/mol.